The van der Waals surface area contributed by atoms with E-state index in [-0.39, 0.29) is 23.7 Å². The van der Waals surface area contributed by atoms with Crippen LogP contribution in [0.25, 0.3) is 0 Å². The number of carbonyl (C=O) groups is 2. The van der Waals surface area contributed by atoms with Crippen LogP contribution in [-0.2, 0) is 19.7 Å². The highest BCUT2D eigenvalue weighted by Crippen LogP contribution is 2.28. The Morgan fingerprint density at radius 1 is 0.875 bits per heavy atom. The molecule has 0 amide bonds. The summed E-state index contributed by atoms with van der Waals surface area (Å²) in [7, 11) is -4.25. The predicted octanol–water partition coefficient (Wildman–Crippen LogP) is 2.92. The molecule has 24 heavy (non-hydrogen) atoms. The second-order valence-electron chi connectivity index (χ2n) is 5.67. The molecule has 1 unspecified atom stereocenters. The molecule has 0 aliphatic heterocycles. The van der Waals surface area contributed by atoms with E-state index in [0.29, 0.717) is 19.3 Å². The topological polar surface area (TPSA) is 129 Å². The van der Waals surface area contributed by atoms with Crippen molar-refractivity contribution < 1.29 is 32.8 Å². The monoisotopic (exact) mass is 358 g/mol. The van der Waals surface area contributed by atoms with Crippen LogP contribution in [-0.4, -0.2) is 35.1 Å². The van der Waals surface area contributed by atoms with Crippen molar-refractivity contribution in [2.24, 2.45) is 0 Å². The molecule has 0 aliphatic rings. The van der Waals surface area contributed by atoms with Crippen LogP contribution in [0.2, 0.25) is 0 Å². The maximum Gasteiger partial charge on any atom is 0.303 e. The number of hydrogen-bond acceptors (Lipinski definition) is 4. The molecule has 0 saturated carbocycles. The van der Waals surface area contributed by atoms with E-state index in [9.17, 15) is 18.0 Å². The molecule has 0 saturated heterocycles. The van der Waals surface area contributed by atoms with Gasteiger partial charge >= 0.3 is 11.9 Å². The van der Waals surface area contributed by atoms with Crippen molar-refractivity contribution in [3.63, 3.8) is 0 Å². The van der Waals surface area contributed by atoms with Crippen LogP contribution in [0.4, 0.5) is 0 Å². The molecule has 0 radical (unpaired) electrons. The first kappa shape index (κ1) is 20.1. The molecular weight excluding hydrogens is 336 g/mol. The highest BCUT2D eigenvalue weighted by molar-refractivity contribution is 7.85. The zero-order valence-corrected chi connectivity index (χ0v) is 14.0. The molecule has 1 aromatic rings. The predicted molar refractivity (Wildman–Crippen MR) is 86.6 cm³/mol. The fourth-order valence-electron chi connectivity index (χ4n) is 2.53. The lowest BCUT2D eigenvalue weighted by molar-refractivity contribution is -0.138. The lowest BCUT2D eigenvalue weighted by Gasteiger charge is -2.17. The Bertz CT molecular complexity index is 650. The van der Waals surface area contributed by atoms with Gasteiger partial charge in [0.25, 0.3) is 10.1 Å². The number of carboxylic acids is 2. The number of unbranched alkanes of at least 4 members (excludes halogenated alkanes) is 2. The molecule has 0 fully saturated rings. The number of aliphatic carboxylic acids is 2. The van der Waals surface area contributed by atoms with Crippen molar-refractivity contribution in [3.05, 3.63) is 29.8 Å². The fraction of sp³-hybridized carbons (Fsp3) is 0.500. The molecule has 8 heteroatoms. The van der Waals surface area contributed by atoms with Crippen LogP contribution < -0.4 is 0 Å². The molecule has 0 spiro atoms. The van der Waals surface area contributed by atoms with E-state index in [1.54, 1.807) is 12.1 Å². The van der Waals surface area contributed by atoms with Crippen LogP contribution in [0.3, 0.4) is 0 Å². The maximum atomic E-state index is 11.1. The van der Waals surface area contributed by atoms with Gasteiger partial charge in [-0.3, -0.25) is 14.1 Å². The van der Waals surface area contributed by atoms with Crippen molar-refractivity contribution in [2.75, 3.05) is 0 Å². The second kappa shape index (κ2) is 9.39. The molecule has 0 aromatic heterocycles. The maximum absolute atomic E-state index is 11.1. The Morgan fingerprint density at radius 2 is 1.46 bits per heavy atom. The summed E-state index contributed by atoms with van der Waals surface area (Å²) in [4.78, 5) is 21.1. The molecule has 7 nitrogen and oxygen atoms in total. The highest BCUT2D eigenvalue weighted by Gasteiger charge is 2.15. The van der Waals surface area contributed by atoms with E-state index in [2.05, 4.69) is 0 Å². The van der Waals surface area contributed by atoms with Gasteiger partial charge in [0.1, 0.15) is 0 Å². The molecule has 1 atom stereocenters. The number of carboxylic acid groups (broad SMARTS) is 2. The zero-order chi connectivity index (χ0) is 18.2. The van der Waals surface area contributed by atoms with Gasteiger partial charge in [0.2, 0.25) is 0 Å². The largest absolute Gasteiger partial charge is 0.481 e. The third-order valence-electron chi connectivity index (χ3n) is 3.80. The van der Waals surface area contributed by atoms with Gasteiger partial charge in [-0.05, 0) is 42.9 Å². The van der Waals surface area contributed by atoms with Gasteiger partial charge in [-0.15, -0.1) is 0 Å². The lowest BCUT2D eigenvalue weighted by atomic mass is 9.89. The molecule has 1 aromatic carbocycles. The Labute approximate surface area is 141 Å². The van der Waals surface area contributed by atoms with Gasteiger partial charge < -0.3 is 10.2 Å². The first-order chi connectivity index (χ1) is 11.2. The highest BCUT2D eigenvalue weighted by atomic mass is 32.2. The smallest absolute Gasteiger partial charge is 0.303 e. The third kappa shape index (κ3) is 7.56. The van der Waals surface area contributed by atoms with Gasteiger partial charge in [-0.1, -0.05) is 25.0 Å². The van der Waals surface area contributed by atoms with E-state index >= 15 is 0 Å². The van der Waals surface area contributed by atoms with Crippen molar-refractivity contribution in [3.8, 4) is 0 Å². The quantitative estimate of drug-likeness (QED) is 0.409. The first-order valence-electron chi connectivity index (χ1n) is 7.71. The van der Waals surface area contributed by atoms with Crippen LogP contribution >= 0.6 is 0 Å². The molecule has 0 heterocycles. The van der Waals surface area contributed by atoms with Crippen molar-refractivity contribution in [1.29, 1.82) is 0 Å². The van der Waals surface area contributed by atoms with E-state index in [0.717, 1.165) is 18.4 Å². The standard InChI is InChI=1S/C16H22O7S/c17-15(18)5-3-1-2-4-12(8-11-16(19)20)13-6-9-14(10-7-13)24(21,22)23/h6-7,9-10,12H,1-5,8,11H2,(H,17,18)(H,19,20)(H,21,22,23). The molecule has 134 valence electrons. The summed E-state index contributed by atoms with van der Waals surface area (Å²) in [6.45, 7) is 0. The molecule has 1 rings (SSSR count). The number of benzene rings is 1. The van der Waals surface area contributed by atoms with Crippen LogP contribution in [0, 0.1) is 0 Å². The average Bonchev–Trinajstić information content (AvgIpc) is 2.48. The SMILES string of the molecule is O=C(O)CCCCCC(CCC(=O)O)c1ccc(S(=O)(=O)O)cc1. The zero-order valence-electron chi connectivity index (χ0n) is 13.2. The minimum atomic E-state index is -4.25. The second-order valence-corrected chi connectivity index (χ2v) is 7.09. The van der Waals surface area contributed by atoms with Gasteiger partial charge in [-0.25, -0.2) is 0 Å². The molecule has 0 bridgehead atoms. The number of hydrogen-bond donors (Lipinski definition) is 3. The van der Waals surface area contributed by atoms with Crippen molar-refractivity contribution in [1.82, 2.24) is 0 Å². The van der Waals surface area contributed by atoms with Crippen LogP contribution in [0.15, 0.2) is 29.2 Å². The number of rotatable bonds is 11. The van der Waals surface area contributed by atoms with E-state index in [1.807, 2.05) is 0 Å². The molecule has 0 aliphatic carbocycles. The fourth-order valence-corrected chi connectivity index (χ4v) is 3.01. The Balaban J connectivity index is 2.70. The molecule has 3 N–H and O–H groups in total. The lowest BCUT2D eigenvalue weighted by Crippen LogP contribution is -2.05. The average molecular weight is 358 g/mol. The minimum Gasteiger partial charge on any atom is -0.481 e. The van der Waals surface area contributed by atoms with Crippen molar-refractivity contribution in [2.45, 2.75) is 55.8 Å². The molecular formula is C16H22O7S. The Morgan fingerprint density at radius 3 is 1.96 bits per heavy atom. The summed E-state index contributed by atoms with van der Waals surface area (Å²) in [5, 5.41) is 17.5. The van der Waals surface area contributed by atoms with Crippen LogP contribution in [0.5, 0.6) is 0 Å². The summed E-state index contributed by atoms with van der Waals surface area (Å²) in [5.41, 5.74) is 0.807. The van der Waals surface area contributed by atoms with E-state index < -0.39 is 22.1 Å². The summed E-state index contributed by atoms with van der Waals surface area (Å²) in [6, 6.07) is 5.74. The summed E-state index contributed by atoms with van der Waals surface area (Å²) < 4.78 is 31.1. The van der Waals surface area contributed by atoms with Crippen molar-refractivity contribution >= 4 is 22.1 Å². The summed E-state index contributed by atoms with van der Waals surface area (Å²) in [6.07, 6.45) is 3.29. The normalized spacial score (nSPS) is 12.7. The van der Waals surface area contributed by atoms with Crippen LogP contribution in [0.1, 0.15) is 56.4 Å². The summed E-state index contributed by atoms with van der Waals surface area (Å²) >= 11 is 0. The van der Waals surface area contributed by atoms with Gasteiger partial charge in [0.15, 0.2) is 0 Å². The minimum absolute atomic E-state index is 0.000156. The van der Waals surface area contributed by atoms with E-state index in [1.165, 1.54) is 12.1 Å². The third-order valence-corrected chi connectivity index (χ3v) is 4.67. The van der Waals surface area contributed by atoms with Gasteiger partial charge in [-0.2, -0.15) is 8.42 Å². The van der Waals surface area contributed by atoms with E-state index in [4.69, 9.17) is 14.8 Å². The van der Waals surface area contributed by atoms with Gasteiger partial charge in [0.05, 0.1) is 4.90 Å². The van der Waals surface area contributed by atoms with Gasteiger partial charge in [0, 0.05) is 12.8 Å². The Kier molecular flexibility index (Phi) is 7.87. The first-order valence-corrected chi connectivity index (χ1v) is 9.15. The Hall–Kier alpha value is -1.93. The summed E-state index contributed by atoms with van der Waals surface area (Å²) in [5.74, 6) is -1.79.